The second-order valence-electron chi connectivity index (χ2n) is 4.49. The van der Waals surface area contributed by atoms with Crippen LogP contribution in [0.25, 0.3) is 0 Å². The summed E-state index contributed by atoms with van der Waals surface area (Å²) < 4.78 is 27.4. The van der Waals surface area contributed by atoms with Crippen LogP contribution >= 0.6 is 27.7 Å². The molecule has 0 radical (unpaired) electrons. The molecule has 0 unspecified atom stereocenters. The summed E-state index contributed by atoms with van der Waals surface area (Å²) in [5.41, 5.74) is 6.07. The number of halogens is 1. The Morgan fingerprint density at radius 1 is 1.25 bits per heavy atom. The van der Waals surface area contributed by atoms with E-state index in [0.717, 1.165) is 19.3 Å². The van der Waals surface area contributed by atoms with Crippen molar-refractivity contribution in [3.8, 4) is 0 Å². The van der Waals surface area contributed by atoms with Gasteiger partial charge in [-0.1, -0.05) is 12.8 Å². The van der Waals surface area contributed by atoms with Crippen molar-refractivity contribution < 1.29 is 8.42 Å². The maximum absolute atomic E-state index is 12.1. The van der Waals surface area contributed by atoms with Crippen molar-refractivity contribution in [2.24, 2.45) is 0 Å². The van der Waals surface area contributed by atoms with E-state index in [1.54, 1.807) is 12.1 Å². The van der Waals surface area contributed by atoms with Crippen molar-refractivity contribution in [3.63, 3.8) is 0 Å². The van der Waals surface area contributed by atoms with Gasteiger partial charge in [-0.15, -0.1) is 0 Å². The molecule has 0 aliphatic carbocycles. The highest BCUT2D eigenvalue weighted by atomic mass is 79.9. The molecule has 3 N–H and O–H groups in total. The molecule has 0 heterocycles. The van der Waals surface area contributed by atoms with Gasteiger partial charge >= 0.3 is 0 Å². The zero-order valence-corrected chi connectivity index (χ0v) is 14.8. The van der Waals surface area contributed by atoms with Crippen LogP contribution in [0.1, 0.15) is 25.7 Å². The number of unbranched alkanes of at least 4 members (excludes halogenated alkanes) is 3. The summed E-state index contributed by atoms with van der Waals surface area (Å²) in [6.07, 6.45) is 6.32. The van der Waals surface area contributed by atoms with Crippen LogP contribution in [0.5, 0.6) is 0 Å². The van der Waals surface area contributed by atoms with Crippen molar-refractivity contribution in [3.05, 3.63) is 22.7 Å². The summed E-state index contributed by atoms with van der Waals surface area (Å²) in [7, 11) is -3.49. The third-order valence-electron chi connectivity index (χ3n) is 2.81. The Hall–Kier alpha value is -0.240. The quantitative estimate of drug-likeness (QED) is 0.509. The van der Waals surface area contributed by atoms with Gasteiger partial charge in [-0.2, -0.15) is 11.8 Å². The number of nitrogens with one attached hydrogen (secondary N) is 1. The van der Waals surface area contributed by atoms with Crippen molar-refractivity contribution in [1.29, 1.82) is 0 Å². The first-order valence-corrected chi connectivity index (χ1v) is 10.2. The number of sulfonamides is 1. The molecule has 1 aromatic rings. The minimum Gasteiger partial charge on any atom is -0.399 e. The molecule has 0 saturated heterocycles. The van der Waals surface area contributed by atoms with Crippen LogP contribution in [-0.4, -0.2) is 27.0 Å². The lowest BCUT2D eigenvalue weighted by Gasteiger charge is -2.09. The summed E-state index contributed by atoms with van der Waals surface area (Å²) >= 11 is 5.08. The second-order valence-corrected chi connectivity index (χ2v) is 8.07. The molecule has 0 spiro atoms. The first-order valence-electron chi connectivity index (χ1n) is 6.51. The normalized spacial score (nSPS) is 11.7. The minimum absolute atomic E-state index is 0.194. The number of hydrogen-bond donors (Lipinski definition) is 2. The molecule has 4 nitrogen and oxygen atoms in total. The highest BCUT2D eigenvalue weighted by molar-refractivity contribution is 9.10. The number of nitrogens with two attached hydrogens (primary N) is 1. The lowest BCUT2D eigenvalue weighted by atomic mass is 10.2. The van der Waals surface area contributed by atoms with E-state index in [1.165, 1.54) is 18.2 Å². The molecule has 114 valence electrons. The molecule has 1 rings (SSSR count). The summed E-state index contributed by atoms with van der Waals surface area (Å²) in [6, 6.07) is 4.77. The first-order chi connectivity index (χ1) is 9.47. The van der Waals surface area contributed by atoms with Gasteiger partial charge in [-0.25, -0.2) is 13.1 Å². The summed E-state index contributed by atoms with van der Waals surface area (Å²) in [5.74, 6) is 1.17. The van der Waals surface area contributed by atoms with Gasteiger partial charge in [0.25, 0.3) is 0 Å². The van der Waals surface area contributed by atoms with E-state index in [1.807, 2.05) is 11.8 Å². The fourth-order valence-corrected chi connectivity index (χ4v) is 4.30. The topological polar surface area (TPSA) is 72.2 Å². The molecular weight excluding hydrogens is 360 g/mol. The van der Waals surface area contributed by atoms with E-state index in [0.29, 0.717) is 16.7 Å². The summed E-state index contributed by atoms with van der Waals surface area (Å²) in [4.78, 5) is 0.194. The minimum atomic E-state index is -3.49. The fraction of sp³-hybridized carbons (Fsp3) is 0.538. The van der Waals surface area contributed by atoms with E-state index in [9.17, 15) is 8.42 Å². The number of thioether (sulfide) groups is 1. The molecule has 0 saturated carbocycles. The van der Waals surface area contributed by atoms with Crippen molar-refractivity contribution in [2.45, 2.75) is 30.6 Å². The molecule has 1 aromatic carbocycles. The van der Waals surface area contributed by atoms with E-state index in [-0.39, 0.29) is 4.90 Å². The van der Waals surface area contributed by atoms with Crippen LogP contribution in [0.3, 0.4) is 0 Å². The van der Waals surface area contributed by atoms with E-state index in [4.69, 9.17) is 5.73 Å². The van der Waals surface area contributed by atoms with Gasteiger partial charge in [0.1, 0.15) is 0 Å². The Morgan fingerprint density at radius 3 is 2.65 bits per heavy atom. The third kappa shape index (κ3) is 6.03. The van der Waals surface area contributed by atoms with Crippen LogP contribution < -0.4 is 10.5 Å². The highest BCUT2D eigenvalue weighted by Crippen LogP contribution is 2.24. The number of hydrogen-bond acceptors (Lipinski definition) is 4. The predicted molar refractivity (Wildman–Crippen MR) is 90.6 cm³/mol. The van der Waals surface area contributed by atoms with E-state index in [2.05, 4.69) is 26.9 Å². The first kappa shape index (κ1) is 17.8. The molecular formula is C13H21BrN2O2S2. The maximum Gasteiger partial charge on any atom is 0.241 e. The van der Waals surface area contributed by atoms with Gasteiger partial charge in [-0.05, 0) is 59.0 Å². The zero-order chi connectivity index (χ0) is 15.0. The number of rotatable bonds is 9. The fourth-order valence-electron chi connectivity index (χ4n) is 1.74. The Balaban J connectivity index is 2.44. The molecule has 0 amide bonds. The maximum atomic E-state index is 12.1. The van der Waals surface area contributed by atoms with Crippen molar-refractivity contribution in [1.82, 2.24) is 4.72 Å². The standard InChI is InChI=1S/C13H21BrN2O2S2/c1-19-9-5-3-2-4-8-16-20(17,18)13-10-11(15)6-7-12(13)14/h6-7,10,16H,2-5,8-9,15H2,1H3. The molecule has 0 aliphatic heterocycles. The third-order valence-corrected chi connectivity index (χ3v) is 5.96. The van der Waals surface area contributed by atoms with E-state index < -0.39 is 10.0 Å². The molecule has 0 fully saturated rings. The van der Waals surface area contributed by atoms with Crippen LogP contribution in [0.2, 0.25) is 0 Å². The number of benzene rings is 1. The van der Waals surface area contributed by atoms with Gasteiger partial charge in [-0.3, -0.25) is 0 Å². The number of anilines is 1. The predicted octanol–water partition coefficient (Wildman–Crippen LogP) is 3.23. The number of nitrogen functional groups attached to an aromatic ring is 1. The molecule has 20 heavy (non-hydrogen) atoms. The molecule has 0 bridgehead atoms. The molecule has 0 aliphatic rings. The molecule has 0 aromatic heterocycles. The second kappa shape index (κ2) is 8.92. The average Bonchev–Trinajstić information content (AvgIpc) is 2.40. The van der Waals surface area contributed by atoms with Crippen molar-refractivity contribution in [2.75, 3.05) is 24.3 Å². The van der Waals surface area contributed by atoms with E-state index >= 15 is 0 Å². The van der Waals surface area contributed by atoms with Crippen LogP contribution in [0, 0.1) is 0 Å². The lowest BCUT2D eigenvalue weighted by Crippen LogP contribution is -2.25. The Kier molecular flexibility index (Phi) is 7.94. The Bertz CT molecular complexity index is 521. The zero-order valence-electron chi connectivity index (χ0n) is 11.6. The largest absolute Gasteiger partial charge is 0.399 e. The summed E-state index contributed by atoms with van der Waals surface area (Å²) in [5, 5.41) is 0. The van der Waals surface area contributed by atoms with Gasteiger partial charge in [0.2, 0.25) is 10.0 Å². The van der Waals surface area contributed by atoms with Crippen molar-refractivity contribution >= 4 is 43.4 Å². The highest BCUT2D eigenvalue weighted by Gasteiger charge is 2.17. The van der Waals surface area contributed by atoms with Crippen LogP contribution in [0.4, 0.5) is 5.69 Å². The smallest absolute Gasteiger partial charge is 0.241 e. The van der Waals surface area contributed by atoms with Crippen LogP contribution in [0.15, 0.2) is 27.6 Å². The Labute approximate surface area is 134 Å². The molecule has 0 atom stereocenters. The van der Waals surface area contributed by atoms with Gasteiger partial charge in [0, 0.05) is 16.7 Å². The summed E-state index contributed by atoms with van der Waals surface area (Å²) in [6.45, 7) is 0.461. The SMILES string of the molecule is CSCCCCCCNS(=O)(=O)c1cc(N)ccc1Br. The van der Waals surface area contributed by atoms with Gasteiger partial charge in [0.05, 0.1) is 4.90 Å². The monoisotopic (exact) mass is 380 g/mol. The lowest BCUT2D eigenvalue weighted by molar-refractivity contribution is 0.573. The van der Waals surface area contributed by atoms with Gasteiger partial charge in [0.15, 0.2) is 0 Å². The van der Waals surface area contributed by atoms with Gasteiger partial charge < -0.3 is 5.73 Å². The Morgan fingerprint density at radius 2 is 1.95 bits per heavy atom. The molecule has 7 heteroatoms. The average molecular weight is 381 g/mol. The van der Waals surface area contributed by atoms with Crippen LogP contribution in [-0.2, 0) is 10.0 Å².